The number of nitrogens with one attached hydrogen (secondary N) is 2. The summed E-state index contributed by atoms with van der Waals surface area (Å²) in [7, 11) is 3.23. The van der Waals surface area contributed by atoms with Crippen LogP contribution in [0.3, 0.4) is 0 Å². The van der Waals surface area contributed by atoms with Crippen LogP contribution in [0.25, 0.3) is 11.0 Å². The SMILES string of the molecule is COC(=O)c1c(C)[nH]c(C(=O)NCc2nc3ccccc3n2C)c1C. The third-order valence-electron chi connectivity index (χ3n) is 4.34. The Morgan fingerprint density at radius 1 is 1.28 bits per heavy atom. The third-order valence-corrected chi connectivity index (χ3v) is 4.34. The summed E-state index contributed by atoms with van der Waals surface area (Å²) in [6.45, 7) is 3.75. The highest BCUT2D eigenvalue weighted by molar-refractivity contribution is 6.00. The number of benzene rings is 1. The van der Waals surface area contributed by atoms with Gasteiger partial charge in [0, 0.05) is 12.7 Å². The van der Waals surface area contributed by atoms with Crippen molar-refractivity contribution >= 4 is 22.9 Å². The average Bonchev–Trinajstić information content (AvgIpc) is 3.09. The number of H-pyrrole nitrogens is 1. The molecule has 0 bridgehead atoms. The molecule has 7 heteroatoms. The summed E-state index contributed by atoms with van der Waals surface area (Å²) in [5.74, 6) is 0.00660. The second-order valence-electron chi connectivity index (χ2n) is 5.88. The summed E-state index contributed by atoms with van der Waals surface area (Å²) in [4.78, 5) is 31.8. The van der Waals surface area contributed by atoms with Gasteiger partial charge in [0.2, 0.25) is 0 Å². The number of rotatable bonds is 4. The average molecular weight is 340 g/mol. The largest absolute Gasteiger partial charge is 0.465 e. The molecule has 0 aliphatic heterocycles. The minimum Gasteiger partial charge on any atom is -0.465 e. The van der Waals surface area contributed by atoms with E-state index in [1.54, 1.807) is 13.8 Å². The minimum absolute atomic E-state index is 0.287. The van der Waals surface area contributed by atoms with Crippen LogP contribution in [0.1, 0.15) is 37.9 Å². The maximum atomic E-state index is 12.5. The number of carbonyl (C=O) groups is 2. The van der Waals surface area contributed by atoms with E-state index in [-0.39, 0.29) is 12.5 Å². The number of ether oxygens (including phenoxy) is 1. The molecule has 2 N–H and O–H groups in total. The van der Waals surface area contributed by atoms with Gasteiger partial charge < -0.3 is 19.6 Å². The minimum atomic E-state index is -0.458. The molecular weight excluding hydrogens is 320 g/mol. The number of amides is 1. The first-order valence-corrected chi connectivity index (χ1v) is 7.90. The van der Waals surface area contributed by atoms with Gasteiger partial charge in [0.05, 0.1) is 30.3 Å². The zero-order valence-corrected chi connectivity index (χ0v) is 14.6. The Labute approximate surface area is 145 Å². The maximum absolute atomic E-state index is 12.5. The number of aromatic nitrogens is 3. The molecule has 0 aliphatic rings. The van der Waals surface area contributed by atoms with Crippen LogP contribution < -0.4 is 5.32 Å². The highest BCUT2D eigenvalue weighted by atomic mass is 16.5. The Balaban J connectivity index is 1.81. The first-order valence-electron chi connectivity index (χ1n) is 7.90. The molecular formula is C18H20N4O3. The fraction of sp³-hybridized carbons (Fsp3) is 0.278. The molecule has 0 spiro atoms. The standard InChI is InChI=1S/C18H20N4O3/c1-10-15(18(24)25-4)11(2)20-16(10)17(23)19-9-14-21-12-7-5-6-8-13(12)22(14)3/h5-8,20H,9H2,1-4H3,(H,19,23). The van der Waals surface area contributed by atoms with Crippen molar-refractivity contribution in [3.8, 4) is 0 Å². The summed E-state index contributed by atoms with van der Waals surface area (Å²) < 4.78 is 6.71. The van der Waals surface area contributed by atoms with E-state index in [4.69, 9.17) is 4.74 Å². The Morgan fingerprint density at radius 3 is 2.68 bits per heavy atom. The normalized spacial score (nSPS) is 10.9. The van der Waals surface area contributed by atoms with E-state index < -0.39 is 5.97 Å². The summed E-state index contributed by atoms with van der Waals surface area (Å²) in [6, 6.07) is 7.79. The molecule has 0 saturated carbocycles. The molecule has 0 saturated heterocycles. The van der Waals surface area contributed by atoms with Crippen LogP contribution in [0.5, 0.6) is 0 Å². The maximum Gasteiger partial charge on any atom is 0.339 e. The first-order chi connectivity index (χ1) is 11.9. The van der Waals surface area contributed by atoms with E-state index in [0.717, 1.165) is 16.9 Å². The topological polar surface area (TPSA) is 89.0 Å². The first kappa shape index (κ1) is 16.8. The van der Waals surface area contributed by atoms with Crippen LogP contribution >= 0.6 is 0 Å². The lowest BCUT2D eigenvalue weighted by atomic mass is 10.1. The van der Waals surface area contributed by atoms with Crippen LogP contribution in [-0.4, -0.2) is 33.5 Å². The molecule has 130 valence electrons. The molecule has 0 atom stereocenters. The van der Waals surface area contributed by atoms with E-state index in [9.17, 15) is 9.59 Å². The van der Waals surface area contributed by atoms with E-state index in [1.165, 1.54) is 7.11 Å². The number of esters is 1. The van der Waals surface area contributed by atoms with Crippen LogP contribution in [0, 0.1) is 13.8 Å². The van der Waals surface area contributed by atoms with E-state index in [0.29, 0.717) is 22.5 Å². The van der Waals surface area contributed by atoms with Gasteiger partial charge in [-0.1, -0.05) is 12.1 Å². The highest BCUT2D eigenvalue weighted by Gasteiger charge is 2.22. The van der Waals surface area contributed by atoms with E-state index in [1.807, 2.05) is 35.9 Å². The molecule has 0 unspecified atom stereocenters. The summed E-state index contributed by atoms with van der Waals surface area (Å²) in [6.07, 6.45) is 0. The fourth-order valence-electron chi connectivity index (χ4n) is 2.99. The van der Waals surface area contributed by atoms with Crippen LogP contribution in [0.2, 0.25) is 0 Å². The molecule has 1 amide bonds. The van der Waals surface area contributed by atoms with Gasteiger partial charge in [0.1, 0.15) is 11.5 Å². The molecule has 3 aromatic rings. The summed E-state index contributed by atoms with van der Waals surface area (Å²) >= 11 is 0. The molecule has 1 aromatic carbocycles. The van der Waals surface area contributed by atoms with Gasteiger partial charge in [-0.15, -0.1) is 0 Å². The van der Waals surface area contributed by atoms with Crippen molar-refractivity contribution in [1.82, 2.24) is 19.9 Å². The lowest BCUT2D eigenvalue weighted by Gasteiger charge is -2.06. The van der Waals surface area contributed by atoms with Crippen LogP contribution in [-0.2, 0) is 18.3 Å². The lowest BCUT2D eigenvalue weighted by molar-refractivity contribution is 0.0599. The number of fused-ring (bicyclic) bond motifs is 1. The quantitative estimate of drug-likeness (QED) is 0.713. The number of para-hydroxylation sites is 2. The van der Waals surface area contributed by atoms with Gasteiger partial charge in [-0.05, 0) is 31.5 Å². The molecule has 2 aromatic heterocycles. The van der Waals surface area contributed by atoms with Crippen molar-refractivity contribution in [3.05, 3.63) is 52.6 Å². The Morgan fingerprint density at radius 2 is 2.00 bits per heavy atom. The number of hydrogen-bond donors (Lipinski definition) is 2. The Bertz CT molecular complexity index is 968. The van der Waals surface area contributed by atoms with Crippen molar-refractivity contribution in [1.29, 1.82) is 0 Å². The Hall–Kier alpha value is -3.09. The van der Waals surface area contributed by atoms with Crippen molar-refractivity contribution in [2.75, 3.05) is 7.11 Å². The number of imidazole rings is 1. The number of methoxy groups -OCH3 is 1. The molecule has 3 rings (SSSR count). The van der Waals surface area contributed by atoms with Crippen molar-refractivity contribution < 1.29 is 14.3 Å². The lowest BCUT2D eigenvalue weighted by Crippen LogP contribution is -2.25. The third kappa shape index (κ3) is 2.88. The van der Waals surface area contributed by atoms with Gasteiger partial charge in [-0.3, -0.25) is 4.79 Å². The smallest absolute Gasteiger partial charge is 0.339 e. The van der Waals surface area contributed by atoms with Gasteiger partial charge >= 0.3 is 5.97 Å². The van der Waals surface area contributed by atoms with Gasteiger partial charge in [0.15, 0.2) is 0 Å². The summed E-state index contributed by atoms with van der Waals surface area (Å²) in [5.41, 5.74) is 3.83. The van der Waals surface area contributed by atoms with Crippen molar-refractivity contribution in [2.24, 2.45) is 7.05 Å². The number of aromatic amines is 1. The van der Waals surface area contributed by atoms with Crippen LogP contribution in [0.4, 0.5) is 0 Å². The van der Waals surface area contributed by atoms with Gasteiger partial charge in [-0.25, -0.2) is 9.78 Å². The van der Waals surface area contributed by atoms with Gasteiger partial charge in [-0.2, -0.15) is 0 Å². The monoisotopic (exact) mass is 340 g/mol. The predicted octanol–water partition coefficient (Wildman–Crippen LogP) is 2.23. The molecule has 2 heterocycles. The molecule has 0 fully saturated rings. The second kappa shape index (κ2) is 6.43. The molecule has 0 aliphatic carbocycles. The zero-order chi connectivity index (χ0) is 18.1. The second-order valence-corrected chi connectivity index (χ2v) is 5.88. The van der Waals surface area contributed by atoms with Crippen molar-refractivity contribution in [2.45, 2.75) is 20.4 Å². The number of aryl methyl sites for hydroxylation is 2. The van der Waals surface area contributed by atoms with Crippen LogP contribution in [0.15, 0.2) is 24.3 Å². The van der Waals surface area contributed by atoms with E-state index >= 15 is 0 Å². The Kier molecular flexibility index (Phi) is 4.31. The number of hydrogen-bond acceptors (Lipinski definition) is 4. The van der Waals surface area contributed by atoms with Gasteiger partial charge in [0.25, 0.3) is 5.91 Å². The predicted molar refractivity (Wildman–Crippen MR) is 93.5 cm³/mol. The van der Waals surface area contributed by atoms with E-state index in [2.05, 4.69) is 15.3 Å². The molecule has 7 nitrogen and oxygen atoms in total. The molecule has 25 heavy (non-hydrogen) atoms. The number of nitrogens with zero attached hydrogens (tertiary/aromatic N) is 2. The van der Waals surface area contributed by atoms with Crippen molar-refractivity contribution in [3.63, 3.8) is 0 Å². The number of carbonyl (C=O) groups excluding carboxylic acids is 2. The highest BCUT2D eigenvalue weighted by Crippen LogP contribution is 2.19. The molecule has 0 radical (unpaired) electrons. The summed E-state index contributed by atoms with van der Waals surface area (Å²) in [5, 5.41) is 2.85. The zero-order valence-electron chi connectivity index (χ0n) is 14.6. The fourth-order valence-corrected chi connectivity index (χ4v) is 2.99.